The molecular weight excluding hydrogens is 264 g/mol. The molecule has 0 saturated heterocycles. The fourth-order valence-electron chi connectivity index (χ4n) is 1.76. The lowest BCUT2D eigenvalue weighted by Gasteiger charge is -2.31. The fraction of sp³-hybridized carbons (Fsp3) is 0.500. The van der Waals surface area contributed by atoms with Gasteiger partial charge in [-0.05, 0) is 23.1 Å². The van der Waals surface area contributed by atoms with Gasteiger partial charge in [0.25, 0.3) is 0 Å². The second kappa shape index (κ2) is 6.78. The summed E-state index contributed by atoms with van der Waals surface area (Å²) in [6.45, 7) is 7.26. The Bertz CT molecular complexity index is 430. The molecule has 0 aliphatic heterocycles. The van der Waals surface area contributed by atoms with Crippen LogP contribution in [0, 0.1) is 5.41 Å². The highest BCUT2D eigenvalue weighted by Gasteiger charge is 2.24. The number of rotatable bonds is 5. The minimum absolute atomic E-state index is 0.0406. The second-order valence-corrected chi connectivity index (χ2v) is 6.05. The van der Waals surface area contributed by atoms with Crippen LogP contribution in [0.4, 0.5) is 4.79 Å². The van der Waals surface area contributed by atoms with E-state index in [2.05, 4.69) is 31.4 Å². The summed E-state index contributed by atoms with van der Waals surface area (Å²) in [6, 6.07) is 7.67. The molecule has 0 aromatic heterocycles. The van der Waals surface area contributed by atoms with Gasteiger partial charge < -0.3 is 15.7 Å². The van der Waals surface area contributed by atoms with Crippen LogP contribution in [0.3, 0.4) is 0 Å². The fourth-order valence-corrected chi connectivity index (χ4v) is 1.97. The van der Waals surface area contributed by atoms with Gasteiger partial charge in [0.1, 0.15) is 0 Å². The summed E-state index contributed by atoms with van der Waals surface area (Å²) in [5.41, 5.74) is 1.04. The standard InChI is InChI=1S/C14H21ClN2O2/c1-14(2,3)12(9-17-13(18)19)16-8-10-5-4-6-11(15)7-10/h4-7,12,16-17H,8-9H2,1-3H3,(H,18,19). The number of nitrogens with one attached hydrogen (secondary N) is 2. The first-order valence-electron chi connectivity index (χ1n) is 6.23. The number of halogens is 1. The molecule has 5 heteroatoms. The molecule has 1 atom stereocenters. The van der Waals surface area contributed by atoms with E-state index in [0.29, 0.717) is 18.1 Å². The molecule has 0 aliphatic carbocycles. The molecule has 0 heterocycles. The Kier molecular flexibility index (Phi) is 5.63. The van der Waals surface area contributed by atoms with Crippen LogP contribution in [0.2, 0.25) is 5.02 Å². The number of hydrogen-bond acceptors (Lipinski definition) is 2. The predicted octanol–water partition coefficient (Wildman–Crippen LogP) is 3.11. The smallest absolute Gasteiger partial charge is 0.404 e. The Balaban J connectivity index is 2.60. The first kappa shape index (κ1) is 15.8. The normalized spacial score (nSPS) is 13.1. The van der Waals surface area contributed by atoms with Crippen LogP contribution in [0.1, 0.15) is 26.3 Å². The average molecular weight is 285 g/mol. The number of hydrogen-bond donors (Lipinski definition) is 3. The molecule has 1 aromatic carbocycles. The maximum atomic E-state index is 10.6. The number of carboxylic acid groups (broad SMARTS) is 1. The van der Waals surface area contributed by atoms with Crippen molar-refractivity contribution in [2.24, 2.45) is 5.41 Å². The Morgan fingerprint density at radius 3 is 2.63 bits per heavy atom. The van der Waals surface area contributed by atoms with E-state index >= 15 is 0 Å². The summed E-state index contributed by atoms with van der Waals surface area (Å²) in [6.07, 6.45) is -1.00. The third kappa shape index (κ3) is 5.94. The number of carbonyl (C=O) groups is 1. The third-order valence-electron chi connectivity index (χ3n) is 2.94. The van der Waals surface area contributed by atoms with Gasteiger partial charge in [-0.1, -0.05) is 44.5 Å². The van der Waals surface area contributed by atoms with Gasteiger partial charge in [0.15, 0.2) is 0 Å². The van der Waals surface area contributed by atoms with Crippen LogP contribution in [-0.4, -0.2) is 23.8 Å². The highest BCUT2D eigenvalue weighted by Crippen LogP contribution is 2.19. The van der Waals surface area contributed by atoms with E-state index in [-0.39, 0.29) is 11.5 Å². The Labute approximate surface area is 119 Å². The molecule has 0 spiro atoms. The van der Waals surface area contributed by atoms with Gasteiger partial charge in [-0.2, -0.15) is 0 Å². The first-order chi connectivity index (χ1) is 8.79. The summed E-state index contributed by atoms with van der Waals surface area (Å²) in [5, 5.41) is 15.2. The highest BCUT2D eigenvalue weighted by atomic mass is 35.5. The van der Waals surface area contributed by atoms with Crippen molar-refractivity contribution in [2.45, 2.75) is 33.4 Å². The molecule has 1 unspecified atom stereocenters. The van der Waals surface area contributed by atoms with Crippen molar-refractivity contribution in [3.8, 4) is 0 Å². The summed E-state index contributed by atoms with van der Waals surface area (Å²) in [4.78, 5) is 10.6. The maximum Gasteiger partial charge on any atom is 0.404 e. The summed E-state index contributed by atoms with van der Waals surface area (Å²) < 4.78 is 0. The average Bonchev–Trinajstić information content (AvgIpc) is 2.26. The Morgan fingerprint density at radius 1 is 1.42 bits per heavy atom. The first-order valence-corrected chi connectivity index (χ1v) is 6.61. The molecule has 0 saturated carbocycles. The van der Waals surface area contributed by atoms with Crippen LogP contribution in [0.25, 0.3) is 0 Å². The zero-order valence-corrected chi connectivity index (χ0v) is 12.3. The van der Waals surface area contributed by atoms with Crippen molar-refractivity contribution in [3.05, 3.63) is 34.9 Å². The van der Waals surface area contributed by atoms with Gasteiger partial charge in [-0.3, -0.25) is 0 Å². The van der Waals surface area contributed by atoms with Crippen molar-refractivity contribution in [1.82, 2.24) is 10.6 Å². The lowest BCUT2D eigenvalue weighted by atomic mass is 9.86. The minimum Gasteiger partial charge on any atom is -0.465 e. The van der Waals surface area contributed by atoms with Gasteiger partial charge in [-0.15, -0.1) is 0 Å². The molecule has 0 bridgehead atoms. The topological polar surface area (TPSA) is 61.4 Å². The van der Waals surface area contributed by atoms with E-state index < -0.39 is 6.09 Å². The minimum atomic E-state index is -1.00. The SMILES string of the molecule is CC(C)(C)C(CNC(=O)O)NCc1cccc(Cl)c1. The van der Waals surface area contributed by atoms with Crippen molar-refractivity contribution in [3.63, 3.8) is 0 Å². The Morgan fingerprint density at radius 2 is 2.11 bits per heavy atom. The zero-order chi connectivity index (χ0) is 14.5. The van der Waals surface area contributed by atoms with E-state index in [1.807, 2.05) is 24.3 Å². The van der Waals surface area contributed by atoms with Crippen LogP contribution >= 0.6 is 11.6 Å². The lowest BCUT2D eigenvalue weighted by molar-refractivity contribution is 0.186. The molecule has 1 aromatic rings. The number of benzene rings is 1. The summed E-state index contributed by atoms with van der Waals surface area (Å²) in [5.74, 6) is 0. The molecule has 1 amide bonds. The van der Waals surface area contributed by atoms with Gasteiger partial charge in [-0.25, -0.2) is 4.79 Å². The number of amides is 1. The van der Waals surface area contributed by atoms with Crippen molar-refractivity contribution >= 4 is 17.7 Å². The van der Waals surface area contributed by atoms with Crippen LogP contribution in [-0.2, 0) is 6.54 Å². The summed E-state index contributed by atoms with van der Waals surface area (Å²) >= 11 is 5.93. The zero-order valence-electron chi connectivity index (χ0n) is 11.5. The van der Waals surface area contributed by atoms with E-state index in [1.54, 1.807) is 0 Å². The summed E-state index contributed by atoms with van der Waals surface area (Å²) in [7, 11) is 0. The van der Waals surface area contributed by atoms with E-state index in [4.69, 9.17) is 16.7 Å². The van der Waals surface area contributed by atoms with Gasteiger partial charge in [0.2, 0.25) is 0 Å². The van der Waals surface area contributed by atoms with E-state index in [0.717, 1.165) is 5.56 Å². The predicted molar refractivity (Wildman–Crippen MR) is 77.6 cm³/mol. The molecule has 0 aliphatic rings. The van der Waals surface area contributed by atoms with Gasteiger partial charge in [0.05, 0.1) is 0 Å². The van der Waals surface area contributed by atoms with Crippen LogP contribution in [0.5, 0.6) is 0 Å². The molecular formula is C14H21ClN2O2. The van der Waals surface area contributed by atoms with Gasteiger partial charge in [0, 0.05) is 24.2 Å². The van der Waals surface area contributed by atoms with Crippen LogP contribution < -0.4 is 10.6 Å². The third-order valence-corrected chi connectivity index (χ3v) is 3.18. The van der Waals surface area contributed by atoms with Crippen LogP contribution in [0.15, 0.2) is 24.3 Å². The molecule has 1 rings (SSSR count). The molecule has 3 N–H and O–H groups in total. The molecule has 19 heavy (non-hydrogen) atoms. The van der Waals surface area contributed by atoms with Crippen molar-refractivity contribution < 1.29 is 9.90 Å². The molecule has 4 nitrogen and oxygen atoms in total. The Hall–Kier alpha value is -1.26. The molecule has 0 fully saturated rings. The van der Waals surface area contributed by atoms with E-state index in [1.165, 1.54) is 0 Å². The molecule has 0 radical (unpaired) electrons. The quantitative estimate of drug-likeness (QED) is 0.778. The highest BCUT2D eigenvalue weighted by molar-refractivity contribution is 6.30. The largest absolute Gasteiger partial charge is 0.465 e. The monoisotopic (exact) mass is 284 g/mol. The maximum absolute atomic E-state index is 10.6. The van der Waals surface area contributed by atoms with Gasteiger partial charge >= 0.3 is 6.09 Å². The lowest BCUT2D eigenvalue weighted by Crippen LogP contribution is -2.48. The molecule has 106 valence electrons. The van der Waals surface area contributed by atoms with Crippen molar-refractivity contribution in [1.29, 1.82) is 0 Å². The van der Waals surface area contributed by atoms with Crippen molar-refractivity contribution in [2.75, 3.05) is 6.54 Å². The second-order valence-electron chi connectivity index (χ2n) is 5.62. The van der Waals surface area contributed by atoms with E-state index in [9.17, 15) is 4.79 Å².